The Bertz CT molecular complexity index is 1010. The summed E-state index contributed by atoms with van der Waals surface area (Å²) in [6, 6.07) is 4.76. The quantitative estimate of drug-likeness (QED) is 0.410. The van der Waals surface area contributed by atoms with E-state index in [4.69, 9.17) is 16.3 Å². The number of nitrogens with zero attached hydrogens (tertiary/aromatic N) is 3. The van der Waals surface area contributed by atoms with Crippen LogP contribution in [-0.4, -0.2) is 39.9 Å². The van der Waals surface area contributed by atoms with Gasteiger partial charge in [-0.1, -0.05) is 34.7 Å². The van der Waals surface area contributed by atoms with E-state index < -0.39 is 5.91 Å². The van der Waals surface area contributed by atoms with Gasteiger partial charge in [-0.25, -0.2) is 4.98 Å². The minimum absolute atomic E-state index is 0.156. The van der Waals surface area contributed by atoms with Crippen LogP contribution in [0.5, 0.6) is 5.75 Å². The molecule has 2 amide bonds. The maximum Gasteiger partial charge on any atom is 0.261 e. The number of nitrogens with one attached hydrogen (secondary N) is 2. The smallest absolute Gasteiger partial charge is 0.261 e. The molecule has 0 radical (unpaired) electrons. The molecular weight excluding hydrogens is 442 g/mol. The molecule has 0 saturated heterocycles. The SMILES string of the molecule is COc1ccc(Cl)cc1C(=O)Nc1nnc(SCC(=O)Nc2nc(C)cs2)s1. The third-order valence-corrected chi connectivity index (χ3v) is 6.31. The van der Waals surface area contributed by atoms with E-state index in [1.165, 1.54) is 47.6 Å². The minimum Gasteiger partial charge on any atom is -0.496 e. The van der Waals surface area contributed by atoms with Crippen molar-refractivity contribution in [1.82, 2.24) is 15.2 Å². The maximum atomic E-state index is 12.4. The van der Waals surface area contributed by atoms with Gasteiger partial charge in [0.25, 0.3) is 5.91 Å². The second kappa shape index (κ2) is 9.32. The van der Waals surface area contributed by atoms with E-state index in [1.807, 2.05) is 12.3 Å². The highest BCUT2D eigenvalue weighted by Gasteiger charge is 2.16. The van der Waals surface area contributed by atoms with E-state index in [0.717, 1.165) is 5.69 Å². The van der Waals surface area contributed by atoms with Crippen molar-refractivity contribution in [3.63, 3.8) is 0 Å². The van der Waals surface area contributed by atoms with Crippen molar-refractivity contribution >= 4 is 68.1 Å². The topological polar surface area (TPSA) is 106 Å². The Hall–Kier alpha value is -2.21. The van der Waals surface area contributed by atoms with Gasteiger partial charge < -0.3 is 10.1 Å². The van der Waals surface area contributed by atoms with E-state index in [2.05, 4.69) is 25.8 Å². The van der Waals surface area contributed by atoms with Gasteiger partial charge in [0, 0.05) is 10.4 Å². The van der Waals surface area contributed by atoms with Crippen molar-refractivity contribution in [3.05, 3.63) is 39.9 Å². The highest BCUT2D eigenvalue weighted by Crippen LogP contribution is 2.28. The highest BCUT2D eigenvalue weighted by atomic mass is 35.5. The average molecular weight is 456 g/mol. The summed E-state index contributed by atoms with van der Waals surface area (Å²) in [5.41, 5.74) is 1.14. The maximum absolute atomic E-state index is 12.4. The Kier molecular flexibility index (Phi) is 6.83. The lowest BCUT2D eigenvalue weighted by molar-refractivity contribution is -0.113. The fourth-order valence-electron chi connectivity index (χ4n) is 2.03. The number of anilines is 2. The van der Waals surface area contributed by atoms with E-state index in [1.54, 1.807) is 12.1 Å². The summed E-state index contributed by atoms with van der Waals surface area (Å²) in [6.45, 7) is 1.86. The van der Waals surface area contributed by atoms with Crippen LogP contribution in [0.2, 0.25) is 5.02 Å². The van der Waals surface area contributed by atoms with Crippen LogP contribution < -0.4 is 15.4 Å². The number of hydrogen-bond acceptors (Lipinski definition) is 9. The van der Waals surface area contributed by atoms with Gasteiger partial charge in [-0.3, -0.25) is 14.9 Å². The largest absolute Gasteiger partial charge is 0.496 e. The lowest BCUT2D eigenvalue weighted by Crippen LogP contribution is -2.13. The van der Waals surface area contributed by atoms with Crippen LogP contribution in [0, 0.1) is 6.92 Å². The Balaban J connectivity index is 1.56. The Morgan fingerprint density at radius 1 is 1.25 bits per heavy atom. The summed E-state index contributed by atoms with van der Waals surface area (Å²) in [6.07, 6.45) is 0. The number of hydrogen-bond donors (Lipinski definition) is 2. The molecule has 2 heterocycles. The Morgan fingerprint density at radius 2 is 2.07 bits per heavy atom. The first kappa shape index (κ1) is 20.5. The van der Waals surface area contributed by atoms with Crippen molar-refractivity contribution in [2.45, 2.75) is 11.3 Å². The molecule has 1 aromatic carbocycles. The molecule has 3 aromatic rings. The lowest BCUT2D eigenvalue weighted by atomic mass is 10.2. The van der Waals surface area contributed by atoms with E-state index in [9.17, 15) is 9.59 Å². The number of thiazole rings is 1. The van der Waals surface area contributed by atoms with Crippen LogP contribution in [-0.2, 0) is 4.79 Å². The predicted molar refractivity (Wildman–Crippen MR) is 112 cm³/mol. The summed E-state index contributed by atoms with van der Waals surface area (Å²) in [5.74, 6) is -0.0496. The van der Waals surface area contributed by atoms with Crippen molar-refractivity contribution in [2.75, 3.05) is 23.5 Å². The van der Waals surface area contributed by atoms with Gasteiger partial charge in [-0.2, -0.15) is 0 Å². The number of aryl methyl sites for hydroxylation is 1. The number of rotatable bonds is 7. The van der Waals surface area contributed by atoms with Crippen LogP contribution in [0.15, 0.2) is 27.9 Å². The molecule has 0 aliphatic rings. The van der Waals surface area contributed by atoms with Crippen LogP contribution in [0.1, 0.15) is 16.1 Å². The fraction of sp³-hybridized carbons (Fsp3) is 0.188. The first-order valence-corrected chi connectivity index (χ1v) is 10.8. The molecule has 3 rings (SSSR count). The summed E-state index contributed by atoms with van der Waals surface area (Å²) in [7, 11) is 1.47. The van der Waals surface area contributed by atoms with Crippen LogP contribution in [0.25, 0.3) is 0 Å². The zero-order valence-electron chi connectivity index (χ0n) is 14.7. The van der Waals surface area contributed by atoms with Gasteiger partial charge in [0.15, 0.2) is 9.47 Å². The third kappa shape index (κ3) is 5.41. The number of halogens is 1. The third-order valence-electron chi connectivity index (χ3n) is 3.23. The van der Waals surface area contributed by atoms with Crippen molar-refractivity contribution in [3.8, 4) is 5.75 Å². The molecule has 28 heavy (non-hydrogen) atoms. The fourth-order valence-corrected chi connectivity index (χ4v) is 4.46. The molecule has 0 aliphatic carbocycles. The second-order valence-corrected chi connectivity index (χ2v) is 8.80. The number of methoxy groups -OCH3 is 1. The first-order chi connectivity index (χ1) is 13.4. The summed E-state index contributed by atoms with van der Waals surface area (Å²) >= 11 is 9.71. The van der Waals surface area contributed by atoms with Gasteiger partial charge in [0.1, 0.15) is 5.75 Å². The van der Waals surface area contributed by atoms with Gasteiger partial charge in [-0.15, -0.1) is 21.5 Å². The molecule has 0 atom stereocenters. The molecule has 0 bridgehead atoms. The minimum atomic E-state index is -0.413. The molecule has 0 spiro atoms. The summed E-state index contributed by atoms with van der Waals surface area (Å²) < 4.78 is 5.73. The number of carbonyl (C=O) groups excluding carboxylic acids is 2. The summed E-state index contributed by atoms with van der Waals surface area (Å²) in [4.78, 5) is 28.6. The molecule has 2 N–H and O–H groups in total. The second-order valence-electron chi connectivity index (χ2n) is 5.30. The molecule has 0 saturated carbocycles. The number of benzene rings is 1. The number of carbonyl (C=O) groups is 2. The molecule has 12 heteroatoms. The number of ether oxygens (including phenoxy) is 1. The van der Waals surface area contributed by atoms with Gasteiger partial charge in [0.05, 0.1) is 24.1 Å². The van der Waals surface area contributed by atoms with Crippen LogP contribution in [0.4, 0.5) is 10.3 Å². The van der Waals surface area contributed by atoms with Gasteiger partial charge >= 0.3 is 0 Å². The normalized spacial score (nSPS) is 10.5. The molecule has 0 aliphatic heterocycles. The molecule has 2 aromatic heterocycles. The Labute approximate surface area is 177 Å². The van der Waals surface area contributed by atoms with E-state index in [-0.39, 0.29) is 17.2 Å². The zero-order valence-corrected chi connectivity index (χ0v) is 17.9. The monoisotopic (exact) mass is 455 g/mol. The Morgan fingerprint density at radius 3 is 2.79 bits per heavy atom. The highest BCUT2D eigenvalue weighted by molar-refractivity contribution is 8.01. The molecule has 146 valence electrons. The standard InChI is InChI=1S/C16H14ClN5O3S3/c1-8-6-26-14(18-8)19-12(23)7-27-16-22-21-15(28-16)20-13(24)10-5-9(17)3-4-11(10)25-2/h3-6H,7H2,1-2H3,(H,18,19,23)(H,20,21,24). The molecule has 0 fully saturated rings. The van der Waals surface area contributed by atoms with Gasteiger partial charge in [-0.05, 0) is 25.1 Å². The molecule has 0 unspecified atom stereocenters. The van der Waals surface area contributed by atoms with Crippen molar-refractivity contribution in [1.29, 1.82) is 0 Å². The number of aromatic nitrogens is 3. The van der Waals surface area contributed by atoms with Crippen LogP contribution in [0.3, 0.4) is 0 Å². The number of thioether (sulfide) groups is 1. The lowest BCUT2D eigenvalue weighted by Gasteiger charge is -2.07. The van der Waals surface area contributed by atoms with E-state index >= 15 is 0 Å². The molecule has 8 nitrogen and oxygen atoms in total. The van der Waals surface area contributed by atoms with Crippen molar-refractivity contribution < 1.29 is 14.3 Å². The predicted octanol–water partition coefficient (Wildman–Crippen LogP) is 3.95. The van der Waals surface area contributed by atoms with Gasteiger partial charge in [0.2, 0.25) is 11.0 Å². The zero-order chi connectivity index (χ0) is 20.1. The average Bonchev–Trinajstić information content (AvgIpc) is 3.28. The van der Waals surface area contributed by atoms with Crippen LogP contribution >= 0.6 is 46.0 Å². The summed E-state index contributed by atoms with van der Waals surface area (Å²) in [5, 5.41) is 16.4. The van der Waals surface area contributed by atoms with Crippen molar-refractivity contribution in [2.24, 2.45) is 0 Å². The van der Waals surface area contributed by atoms with E-state index in [0.29, 0.717) is 25.4 Å². The first-order valence-electron chi connectivity index (χ1n) is 7.78. The number of amides is 2. The molecular formula is C16H14ClN5O3S3.